The minimum Gasteiger partial charge on any atom is -0.491 e. The van der Waals surface area contributed by atoms with Crippen molar-refractivity contribution >= 4 is 5.91 Å². The number of benzene rings is 1. The number of hydrazine groups is 1. The maximum absolute atomic E-state index is 11.3. The van der Waals surface area contributed by atoms with Crippen molar-refractivity contribution in [1.29, 1.82) is 0 Å². The smallest absolute Gasteiger partial charge is 0.287 e. The molecule has 7 heteroatoms. The predicted molar refractivity (Wildman–Crippen MR) is 75.6 cm³/mol. The Morgan fingerprint density at radius 2 is 2.10 bits per heavy atom. The number of carbonyl (C=O) groups is 1. The van der Waals surface area contributed by atoms with Crippen molar-refractivity contribution in [2.24, 2.45) is 5.84 Å². The summed E-state index contributed by atoms with van der Waals surface area (Å²) in [5.41, 5.74) is 2.91. The zero-order valence-corrected chi connectivity index (χ0v) is 11.7. The second kappa shape index (κ2) is 7.41. The lowest BCUT2D eigenvalue weighted by Crippen LogP contribution is -2.30. The van der Waals surface area contributed by atoms with E-state index in [9.17, 15) is 4.79 Å². The second-order valence-electron chi connectivity index (χ2n) is 4.12. The molecule has 3 N–H and O–H groups in total. The van der Waals surface area contributed by atoms with Crippen molar-refractivity contribution in [2.75, 3.05) is 19.8 Å². The summed E-state index contributed by atoms with van der Waals surface area (Å²) in [5, 5.41) is 3.64. The molecule has 0 bridgehead atoms. The Bertz CT molecular complexity index is 580. The van der Waals surface area contributed by atoms with Crippen LogP contribution in [0.15, 0.2) is 34.9 Å². The number of hydrogen-bond donors (Lipinski definition) is 2. The van der Waals surface area contributed by atoms with Gasteiger partial charge in [-0.3, -0.25) is 10.2 Å². The first-order valence-corrected chi connectivity index (χ1v) is 6.53. The Balaban J connectivity index is 1.98. The van der Waals surface area contributed by atoms with E-state index in [1.807, 2.05) is 36.6 Å². The summed E-state index contributed by atoms with van der Waals surface area (Å²) in [7, 11) is 0. The van der Waals surface area contributed by atoms with E-state index in [2.05, 4.69) is 5.16 Å². The molecular weight excluding hydrogens is 274 g/mol. The standard InChI is InChI=1S/C14H17N3O4/c1-2-19-7-8-20-11-5-3-10(4-6-11)13-9-12(17-21-13)14(18)16-15/h3-6,9H,2,7-8,15H2,1H3,(H,16,18). The van der Waals surface area contributed by atoms with Crippen LogP contribution in [0.4, 0.5) is 0 Å². The Morgan fingerprint density at radius 1 is 1.33 bits per heavy atom. The lowest BCUT2D eigenvalue weighted by molar-refractivity contribution is 0.0944. The zero-order valence-electron chi connectivity index (χ0n) is 11.7. The molecule has 0 saturated carbocycles. The Morgan fingerprint density at radius 3 is 2.76 bits per heavy atom. The molecule has 1 amide bonds. The SMILES string of the molecule is CCOCCOc1ccc(-c2cc(C(=O)NN)no2)cc1. The number of amides is 1. The zero-order chi connectivity index (χ0) is 15.1. The number of nitrogens with one attached hydrogen (secondary N) is 1. The number of nitrogens with two attached hydrogens (primary N) is 1. The van der Waals surface area contributed by atoms with Crippen LogP contribution in [-0.2, 0) is 4.74 Å². The third-order valence-electron chi connectivity index (χ3n) is 2.71. The minimum absolute atomic E-state index is 0.129. The maximum atomic E-state index is 11.3. The molecule has 0 radical (unpaired) electrons. The van der Waals surface area contributed by atoms with E-state index in [1.165, 1.54) is 6.07 Å². The van der Waals surface area contributed by atoms with Gasteiger partial charge in [0.2, 0.25) is 0 Å². The highest BCUT2D eigenvalue weighted by Crippen LogP contribution is 2.23. The molecule has 2 aromatic rings. The van der Waals surface area contributed by atoms with Gasteiger partial charge >= 0.3 is 0 Å². The van der Waals surface area contributed by atoms with Crippen molar-refractivity contribution in [2.45, 2.75) is 6.92 Å². The molecule has 7 nitrogen and oxygen atoms in total. The van der Waals surface area contributed by atoms with Crippen molar-refractivity contribution in [3.63, 3.8) is 0 Å². The molecule has 0 spiro atoms. The molecule has 2 rings (SSSR count). The van der Waals surface area contributed by atoms with Crippen LogP contribution in [0.25, 0.3) is 11.3 Å². The summed E-state index contributed by atoms with van der Waals surface area (Å²) >= 11 is 0. The van der Waals surface area contributed by atoms with Crippen molar-refractivity contribution in [3.8, 4) is 17.1 Å². The highest BCUT2D eigenvalue weighted by atomic mass is 16.5. The normalized spacial score (nSPS) is 10.4. The van der Waals surface area contributed by atoms with Gasteiger partial charge in [0.25, 0.3) is 5.91 Å². The van der Waals surface area contributed by atoms with E-state index in [0.29, 0.717) is 25.6 Å². The van der Waals surface area contributed by atoms with Gasteiger partial charge in [-0.05, 0) is 31.2 Å². The molecular formula is C14H17N3O4. The average Bonchev–Trinajstić information content (AvgIpc) is 3.01. The maximum Gasteiger partial charge on any atom is 0.287 e. The Labute approximate surface area is 122 Å². The van der Waals surface area contributed by atoms with E-state index < -0.39 is 5.91 Å². The molecule has 0 aliphatic carbocycles. The van der Waals surface area contributed by atoms with E-state index in [1.54, 1.807) is 0 Å². The molecule has 1 heterocycles. The number of rotatable bonds is 7. The summed E-state index contributed by atoms with van der Waals surface area (Å²) < 4.78 is 15.8. The van der Waals surface area contributed by atoms with Crippen LogP contribution in [0.3, 0.4) is 0 Å². The third-order valence-corrected chi connectivity index (χ3v) is 2.71. The summed E-state index contributed by atoms with van der Waals surface area (Å²) in [6, 6.07) is 8.79. The summed E-state index contributed by atoms with van der Waals surface area (Å²) in [6.07, 6.45) is 0. The number of ether oxygens (including phenoxy) is 2. The van der Waals surface area contributed by atoms with Gasteiger partial charge in [-0.1, -0.05) is 5.16 Å². The third kappa shape index (κ3) is 4.04. The molecule has 112 valence electrons. The van der Waals surface area contributed by atoms with Gasteiger partial charge in [0.05, 0.1) is 6.61 Å². The fourth-order valence-corrected chi connectivity index (χ4v) is 1.67. The molecule has 0 saturated heterocycles. The highest BCUT2D eigenvalue weighted by Gasteiger charge is 2.12. The molecule has 0 unspecified atom stereocenters. The Kier molecular flexibility index (Phi) is 5.30. The summed E-state index contributed by atoms with van der Waals surface area (Å²) in [5.74, 6) is 5.75. The van der Waals surface area contributed by atoms with Crippen molar-refractivity contribution < 1.29 is 18.8 Å². The fourth-order valence-electron chi connectivity index (χ4n) is 1.67. The number of nitrogen functional groups attached to an aromatic ring is 1. The minimum atomic E-state index is -0.499. The predicted octanol–water partition coefficient (Wildman–Crippen LogP) is 1.36. The lowest BCUT2D eigenvalue weighted by atomic mass is 10.1. The van der Waals surface area contributed by atoms with E-state index in [0.717, 1.165) is 11.3 Å². The molecule has 0 aliphatic heterocycles. The van der Waals surface area contributed by atoms with Gasteiger partial charge in [0, 0.05) is 18.2 Å². The average molecular weight is 291 g/mol. The van der Waals surface area contributed by atoms with Crippen LogP contribution in [0.2, 0.25) is 0 Å². The van der Waals surface area contributed by atoms with Gasteiger partial charge < -0.3 is 14.0 Å². The van der Waals surface area contributed by atoms with E-state index in [4.69, 9.17) is 19.8 Å². The van der Waals surface area contributed by atoms with Crippen LogP contribution >= 0.6 is 0 Å². The first-order valence-electron chi connectivity index (χ1n) is 6.53. The van der Waals surface area contributed by atoms with Crippen LogP contribution < -0.4 is 16.0 Å². The molecule has 21 heavy (non-hydrogen) atoms. The van der Waals surface area contributed by atoms with Crippen molar-refractivity contribution in [1.82, 2.24) is 10.6 Å². The first kappa shape index (κ1) is 15.0. The molecule has 0 aliphatic rings. The van der Waals surface area contributed by atoms with Crippen LogP contribution in [0.5, 0.6) is 5.75 Å². The molecule has 1 aromatic carbocycles. The van der Waals surface area contributed by atoms with Gasteiger partial charge in [-0.25, -0.2) is 5.84 Å². The first-order chi connectivity index (χ1) is 10.2. The Hall–Kier alpha value is -2.38. The van der Waals surface area contributed by atoms with Gasteiger partial charge in [-0.15, -0.1) is 0 Å². The number of hydrogen-bond acceptors (Lipinski definition) is 6. The molecule has 0 atom stereocenters. The highest BCUT2D eigenvalue weighted by molar-refractivity contribution is 5.92. The summed E-state index contributed by atoms with van der Waals surface area (Å²) in [4.78, 5) is 11.3. The fraction of sp³-hybridized carbons (Fsp3) is 0.286. The van der Waals surface area contributed by atoms with Crippen LogP contribution in [0, 0.1) is 0 Å². The monoisotopic (exact) mass is 291 g/mol. The molecule has 1 aromatic heterocycles. The van der Waals surface area contributed by atoms with Gasteiger partial charge in [0.15, 0.2) is 11.5 Å². The van der Waals surface area contributed by atoms with Gasteiger partial charge in [0.1, 0.15) is 12.4 Å². The molecule has 0 fully saturated rings. The number of carbonyl (C=O) groups excluding carboxylic acids is 1. The van der Waals surface area contributed by atoms with Gasteiger partial charge in [-0.2, -0.15) is 0 Å². The summed E-state index contributed by atoms with van der Waals surface area (Å²) in [6.45, 7) is 3.66. The quantitative estimate of drug-likeness (QED) is 0.346. The lowest BCUT2D eigenvalue weighted by Gasteiger charge is -2.06. The second-order valence-corrected chi connectivity index (χ2v) is 4.12. The number of nitrogens with zero attached hydrogens (tertiary/aromatic N) is 1. The van der Waals surface area contributed by atoms with E-state index >= 15 is 0 Å². The largest absolute Gasteiger partial charge is 0.491 e. The van der Waals surface area contributed by atoms with Crippen LogP contribution in [0.1, 0.15) is 17.4 Å². The topological polar surface area (TPSA) is 99.6 Å². The van der Waals surface area contributed by atoms with Crippen molar-refractivity contribution in [3.05, 3.63) is 36.0 Å². The van der Waals surface area contributed by atoms with Crippen LogP contribution in [-0.4, -0.2) is 30.9 Å². The van der Waals surface area contributed by atoms with E-state index in [-0.39, 0.29) is 5.69 Å². The number of aromatic nitrogens is 1.